The lowest BCUT2D eigenvalue weighted by Crippen LogP contribution is -2.23. The van der Waals surface area contributed by atoms with E-state index in [4.69, 9.17) is 0 Å². The van der Waals surface area contributed by atoms with E-state index in [1.807, 2.05) is 77.5 Å². The lowest BCUT2D eigenvalue weighted by molar-refractivity contribution is -0.115. The van der Waals surface area contributed by atoms with Crippen LogP contribution in [0.15, 0.2) is 95.7 Å². The summed E-state index contributed by atoms with van der Waals surface area (Å²) in [7, 11) is 0. The van der Waals surface area contributed by atoms with Gasteiger partial charge in [0, 0.05) is 28.9 Å². The van der Waals surface area contributed by atoms with Crippen molar-refractivity contribution in [3.8, 4) is 22.6 Å². The number of hydrogen-bond acceptors (Lipinski definition) is 7. The summed E-state index contributed by atoms with van der Waals surface area (Å²) in [5, 5.41) is 14.6. The molecule has 1 atom stereocenters. The van der Waals surface area contributed by atoms with E-state index in [1.165, 1.54) is 23.1 Å². The van der Waals surface area contributed by atoms with Crippen LogP contribution in [0.25, 0.3) is 22.6 Å². The summed E-state index contributed by atoms with van der Waals surface area (Å²) in [4.78, 5) is 21.8. The standard InChI is InChI=1S/C26H22N6OS2/c1-18(24(33)29-25-28-22(17-34-25)20-11-6-3-7-12-20)35-26-31-30-23(21-13-8-14-27-15-21)32(26)16-19-9-4-2-5-10-19/h2-15,17-18H,16H2,1H3,(H,28,29,33). The highest BCUT2D eigenvalue weighted by Crippen LogP contribution is 2.29. The molecule has 0 fully saturated rings. The molecule has 0 aliphatic rings. The van der Waals surface area contributed by atoms with Crippen LogP contribution in [0.1, 0.15) is 12.5 Å². The molecule has 1 amide bonds. The average molecular weight is 499 g/mol. The second kappa shape index (κ2) is 10.6. The van der Waals surface area contributed by atoms with Gasteiger partial charge in [0.25, 0.3) is 0 Å². The Kier molecular flexibility index (Phi) is 6.97. The zero-order valence-electron chi connectivity index (χ0n) is 18.9. The van der Waals surface area contributed by atoms with E-state index < -0.39 is 5.25 Å². The van der Waals surface area contributed by atoms with E-state index in [9.17, 15) is 4.79 Å². The zero-order chi connectivity index (χ0) is 24.0. The molecule has 1 unspecified atom stereocenters. The Bertz CT molecular complexity index is 1400. The van der Waals surface area contributed by atoms with Crippen LogP contribution in [0.5, 0.6) is 0 Å². The highest BCUT2D eigenvalue weighted by Gasteiger charge is 2.22. The van der Waals surface area contributed by atoms with Crippen LogP contribution in [0, 0.1) is 0 Å². The second-order valence-corrected chi connectivity index (χ2v) is 9.94. The van der Waals surface area contributed by atoms with Crippen molar-refractivity contribution >= 4 is 34.1 Å². The summed E-state index contributed by atoms with van der Waals surface area (Å²) >= 11 is 2.78. The van der Waals surface area contributed by atoms with Crippen LogP contribution in [0.4, 0.5) is 5.13 Å². The Labute approximate surface area is 211 Å². The minimum atomic E-state index is -0.403. The first kappa shape index (κ1) is 22.9. The normalized spacial score (nSPS) is 11.8. The molecule has 5 aromatic rings. The molecule has 7 nitrogen and oxygen atoms in total. The van der Waals surface area contributed by atoms with Crippen molar-refractivity contribution in [2.24, 2.45) is 0 Å². The second-order valence-electron chi connectivity index (χ2n) is 7.77. The van der Waals surface area contributed by atoms with Crippen molar-refractivity contribution in [2.75, 3.05) is 5.32 Å². The lowest BCUT2D eigenvalue weighted by Gasteiger charge is -2.13. The fourth-order valence-corrected chi connectivity index (χ4v) is 5.06. The molecule has 0 saturated carbocycles. The van der Waals surface area contributed by atoms with Crippen molar-refractivity contribution in [2.45, 2.75) is 23.9 Å². The summed E-state index contributed by atoms with van der Waals surface area (Å²) < 4.78 is 2.03. The van der Waals surface area contributed by atoms with Crippen molar-refractivity contribution in [1.29, 1.82) is 0 Å². The molecule has 5 rings (SSSR count). The lowest BCUT2D eigenvalue weighted by atomic mass is 10.2. The first-order chi connectivity index (χ1) is 17.2. The monoisotopic (exact) mass is 498 g/mol. The van der Waals surface area contributed by atoms with Gasteiger partial charge in [-0.25, -0.2) is 4.98 Å². The van der Waals surface area contributed by atoms with Gasteiger partial charge in [-0.3, -0.25) is 14.3 Å². The van der Waals surface area contributed by atoms with Crippen molar-refractivity contribution in [3.63, 3.8) is 0 Å². The maximum Gasteiger partial charge on any atom is 0.239 e. The molecule has 0 spiro atoms. The number of thiazole rings is 1. The molecule has 0 aliphatic carbocycles. The number of rotatable bonds is 8. The molecule has 35 heavy (non-hydrogen) atoms. The largest absolute Gasteiger partial charge is 0.301 e. The number of hydrogen-bond donors (Lipinski definition) is 1. The molecule has 0 bridgehead atoms. The van der Waals surface area contributed by atoms with E-state index in [0.717, 1.165) is 22.4 Å². The molecule has 0 saturated heterocycles. The minimum Gasteiger partial charge on any atom is -0.301 e. The van der Waals surface area contributed by atoms with Crippen LogP contribution in [-0.4, -0.2) is 35.9 Å². The van der Waals surface area contributed by atoms with Crippen LogP contribution in [-0.2, 0) is 11.3 Å². The minimum absolute atomic E-state index is 0.138. The summed E-state index contributed by atoms with van der Waals surface area (Å²) in [6.07, 6.45) is 3.49. The van der Waals surface area contributed by atoms with Crippen molar-refractivity contribution < 1.29 is 4.79 Å². The van der Waals surface area contributed by atoms with Gasteiger partial charge in [-0.1, -0.05) is 72.4 Å². The number of nitrogens with zero attached hydrogens (tertiary/aromatic N) is 5. The molecule has 0 radical (unpaired) electrons. The third kappa shape index (κ3) is 5.47. The van der Waals surface area contributed by atoms with E-state index >= 15 is 0 Å². The Balaban J connectivity index is 1.34. The smallest absolute Gasteiger partial charge is 0.239 e. The maximum atomic E-state index is 13.0. The summed E-state index contributed by atoms with van der Waals surface area (Å²) in [5.74, 6) is 0.575. The first-order valence-electron chi connectivity index (χ1n) is 11.0. The predicted octanol–water partition coefficient (Wildman–Crippen LogP) is 5.63. The number of carbonyl (C=O) groups is 1. The fourth-order valence-electron chi connectivity index (χ4n) is 3.48. The summed E-state index contributed by atoms with van der Waals surface area (Å²) in [6.45, 7) is 2.44. The van der Waals surface area contributed by atoms with Gasteiger partial charge in [-0.05, 0) is 24.6 Å². The van der Waals surface area contributed by atoms with Crippen molar-refractivity contribution in [1.82, 2.24) is 24.7 Å². The molecular formula is C26H22N6OS2. The van der Waals surface area contributed by atoms with Crippen molar-refractivity contribution in [3.05, 3.63) is 96.1 Å². The van der Waals surface area contributed by atoms with Gasteiger partial charge < -0.3 is 5.32 Å². The number of anilines is 1. The Hall–Kier alpha value is -3.82. The number of carbonyl (C=O) groups excluding carboxylic acids is 1. The van der Waals surface area contributed by atoms with Crippen LogP contribution >= 0.6 is 23.1 Å². The van der Waals surface area contributed by atoms with Gasteiger partial charge in [-0.15, -0.1) is 21.5 Å². The molecule has 0 aliphatic heterocycles. The topological polar surface area (TPSA) is 85.6 Å². The molecule has 3 aromatic heterocycles. The van der Waals surface area contributed by atoms with Gasteiger partial charge in [-0.2, -0.15) is 0 Å². The number of pyridine rings is 1. The third-order valence-electron chi connectivity index (χ3n) is 5.28. The van der Waals surface area contributed by atoms with Gasteiger partial charge in [0.1, 0.15) is 0 Å². The van der Waals surface area contributed by atoms with Gasteiger partial charge in [0.15, 0.2) is 16.1 Å². The van der Waals surface area contributed by atoms with E-state index in [0.29, 0.717) is 22.7 Å². The fraction of sp³-hybridized carbons (Fsp3) is 0.115. The van der Waals surface area contributed by atoms with Crippen LogP contribution in [0.3, 0.4) is 0 Å². The Morgan fingerprint density at radius 2 is 1.74 bits per heavy atom. The summed E-state index contributed by atoms with van der Waals surface area (Å²) in [6, 6.07) is 23.8. The number of thioether (sulfide) groups is 1. The SMILES string of the molecule is CC(Sc1nnc(-c2cccnc2)n1Cc1ccccc1)C(=O)Nc1nc(-c2ccccc2)cs1. The molecule has 3 heterocycles. The highest BCUT2D eigenvalue weighted by atomic mass is 32.2. The molecule has 9 heteroatoms. The summed E-state index contributed by atoms with van der Waals surface area (Å²) in [5.41, 5.74) is 3.85. The Morgan fingerprint density at radius 1 is 1.00 bits per heavy atom. The number of benzene rings is 2. The van der Waals surface area contributed by atoms with E-state index in [1.54, 1.807) is 12.4 Å². The van der Waals surface area contributed by atoms with Gasteiger partial charge >= 0.3 is 0 Å². The predicted molar refractivity (Wildman–Crippen MR) is 140 cm³/mol. The molecule has 174 valence electrons. The zero-order valence-corrected chi connectivity index (χ0v) is 20.5. The molecule has 1 N–H and O–H groups in total. The van der Waals surface area contributed by atoms with E-state index in [-0.39, 0.29) is 5.91 Å². The number of aromatic nitrogens is 5. The van der Waals surface area contributed by atoms with E-state index in [2.05, 4.69) is 37.6 Å². The number of amides is 1. The number of nitrogens with one attached hydrogen (secondary N) is 1. The maximum absolute atomic E-state index is 13.0. The quantitative estimate of drug-likeness (QED) is 0.279. The third-order valence-corrected chi connectivity index (χ3v) is 7.11. The van der Waals surface area contributed by atoms with Gasteiger partial charge in [0.2, 0.25) is 5.91 Å². The Morgan fingerprint density at radius 3 is 2.49 bits per heavy atom. The molecular weight excluding hydrogens is 476 g/mol. The molecule has 2 aromatic carbocycles. The van der Waals surface area contributed by atoms with Gasteiger partial charge in [0.05, 0.1) is 17.5 Å². The van der Waals surface area contributed by atoms with Crippen LogP contribution < -0.4 is 5.32 Å². The highest BCUT2D eigenvalue weighted by molar-refractivity contribution is 8.00. The first-order valence-corrected chi connectivity index (χ1v) is 12.8. The van der Waals surface area contributed by atoms with Crippen LogP contribution in [0.2, 0.25) is 0 Å². The average Bonchev–Trinajstić information content (AvgIpc) is 3.53.